The minimum Gasteiger partial charge on any atom is -0.353 e. The molecule has 5 atom stereocenters. The predicted molar refractivity (Wildman–Crippen MR) is 92.4 cm³/mol. The van der Waals surface area contributed by atoms with Gasteiger partial charge in [0, 0.05) is 16.9 Å². The van der Waals surface area contributed by atoms with Gasteiger partial charge in [0.2, 0.25) is 5.91 Å². The molecule has 1 spiro atoms. The zero-order valence-electron chi connectivity index (χ0n) is 14.5. The molecule has 1 aromatic rings. The standard InChI is InChI=1S/C21H25FN2O/c22-16-3-1-13(2-4-16)19-10-14-9-15-11-20(12-19,21(14,15)19)18(25)24-17-5-7-23-8-6-17/h1-4,14-15,17,23H,5-12H2,(H,24,25). The van der Waals surface area contributed by atoms with Gasteiger partial charge in [0.15, 0.2) is 0 Å². The summed E-state index contributed by atoms with van der Waals surface area (Å²) in [6.45, 7) is 2.02. The van der Waals surface area contributed by atoms with Gasteiger partial charge in [-0.2, -0.15) is 0 Å². The van der Waals surface area contributed by atoms with Gasteiger partial charge in [0.1, 0.15) is 5.82 Å². The van der Waals surface area contributed by atoms with Crippen LogP contribution in [0, 0.1) is 28.5 Å². The molecule has 1 saturated heterocycles. The maximum Gasteiger partial charge on any atom is 0.227 e. The van der Waals surface area contributed by atoms with Crippen LogP contribution in [0.25, 0.3) is 0 Å². The zero-order valence-corrected chi connectivity index (χ0v) is 14.5. The van der Waals surface area contributed by atoms with Crippen molar-refractivity contribution in [2.24, 2.45) is 22.7 Å². The van der Waals surface area contributed by atoms with Gasteiger partial charge in [-0.15, -0.1) is 0 Å². The van der Waals surface area contributed by atoms with Crippen LogP contribution >= 0.6 is 0 Å². The van der Waals surface area contributed by atoms with Crippen molar-refractivity contribution in [2.45, 2.75) is 50.0 Å². The molecule has 1 aliphatic heterocycles. The number of carbonyl (C=O) groups excluding carboxylic acids is 1. The number of amides is 1. The Kier molecular flexibility index (Phi) is 2.62. The number of rotatable bonds is 3. The van der Waals surface area contributed by atoms with E-state index >= 15 is 0 Å². The van der Waals surface area contributed by atoms with Crippen molar-refractivity contribution in [3.05, 3.63) is 35.6 Å². The topological polar surface area (TPSA) is 41.1 Å². The highest BCUT2D eigenvalue weighted by Gasteiger charge is 2.95. The highest BCUT2D eigenvalue weighted by molar-refractivity contribution is 5.89. The quantitative estimate of drug-likeness (QED) is 0.888. The molecule has 1 heterocycles. The Morgan fingerprint density at radius 1 is 1.12 bits per heavy atom. The van der Waals surface area contributed by atoms with E-state index in [-0.39, 0.29) is 22.1 Å². The molecule has 25 heavy (non-hydrogen) atoms. The maximum absolute atomic E-state index is 13.4. The van der Waals surface area contributed by atoms with Gasteiger partial charge in [-0.3, -0.25) is 4.79 Å². The normalized spacial score (nSPS) is 46.4. The summed E-state index contributed by atoms with van der Waals surface area (Å²) in [4.78, 5) is 13.3. The van der Waals surface area contributed by atoms with E-state index in [0.717, 1.165) is 50.6 Å². The third-order valence-electron chi connectivity index (χ3n) is 8.74. The molecule has 0 aromatic heterocycles. The number of hydrogen-bond acceptors (Lipinski definition) is 2. The lowest BCUT2D eigenvalue weighted by Gasteiger charge is -2.95. The first-order chi connectivity index (χ1) is 12.1. The van der Waals surface area contributed by atoms with Gasteiger partial charge < -0.3 is 10.6 Å². The SMILES string of the molecule is O=C(NC1CCNCC1)C12CC3CC4CC(c5ccc(F)cc5)(C1)C342. The molecular weight excluding hydrogens is 315 g/mol. The van der Waals surface area contributed by atoms with E-state index in [1.807, 2.05) is 12.1 Å². The van der Waals surface area contributed by atoms with Gasteiger partial charge in [-0.1, -0.05) is 12.1 Å². The fourth-order valence-electron chi connectivity index (χ4n) is 8.04. The van der Waals surface area contributed by atoms with Crippen molar-refractivity contribution >= 4 is 5.91 Å². The first kappa shape index (κ1) is 14.7. The van der Waals surface area contributed by atoms with E-state index in [2.05, 4.69) is 10.6 Å². The van der Waals surface area contributed by atoms with E-state index in [1.54, 1.807) is 12.1 Å². The Morgan fingerprint density at radius 3 is 2.52 bits per heavy atom. The van der Waals surface area contributed by atoms with Crippen molar-refractivity contribution in [3.8, 4) is 0 Å². The Morgan fingerprint density at radius 2 is 1.84 bits per heavy atom. The molecule has 4 heteroatoms. The highest BCUT2D eigenvalue weighted by atomic mass is 19.1. The Bertz CT molecular complexity index is 752. The van der Waals surface area contributed by atoms with E-state index < -0.39 is 0 Å². The summed E-state index contributed by atoms with van der Waals surface area (Å²) in [7, 11) is 0. The Labute approximate surface area is 147 Å². The molecule has 5 aliphatic rings. The molecule has 0 bridgehead atoms. The van der Waals surface area contributed by atoms with Crippen molar-refractivity contribution in [3.63, 3.8) is 0 Å². The molecule has 0 radical (unpaired) electrons. The molecule has 5 fully saturated rings. The smallest absolute Gasteiger partial charge is 0.227 e. The number of halogens is 1. The summed E-state index contributed by atoms with van der Waals surface area (Å²) in [6, 6.07) is 7.48. The second-order valence-corrected chi connectivity index (χ2v) is 9.25. The molecule has 3 nitrogen and oxygen atoms in total. The molecular formula is C21H25FN2O. The van der Waals surface area contributed by atoms with Crippen LogP contribution in [0.2, 0.25) is 0 Å². The highest BCUT2D eigenvalue weighted by Crippen LogP contribution is 2.97. The molecule has 132 valence electrons. The summed E-state index contributed by atoms with van der Waals surface area (Å²) in [5.74, 6) is 1.62. The first-order valence-electron chi connectivity index (χ1n) is 9.90. The van der Waals surface area contributed by atoms with Crippen molar-refractivity contribution in [1.29, 1.82) is 0 Å². The number of benzene rings is 1. The van der Waals surface area contributed by atoms with Gasteiger partial charge >= 0.3 is 0 Å². The van der Waals surface area contributed by atoms with Crippen LogP contribution in [-0.4, -0.2) is 25.0 Å². The van der Waals surface area contributed by atoms with Gasteiger partial charge in [-0.25, -0.2) is 4.39 Å². The van der Waals surface area contributed by atoms with Crippen LogP contribution in [0.5, 0.6) is 0 Å². The van der Waals surface area contributed by atoms with E-state index in [9.17, 15) is 9.18 Å². The summed E-state index contributed by atoms with van der Waals surface area (Å²) >= 11 is 0. The second kappa shape index (κ2) is 4.46. The van der Waals surface area contributed by atoms with Crippen LogP contribution in [0.15, 0.2) is 24.3 Å². The average molecular weight is 340 g/mol. The van der Waals surface area contributed by atoms with Crippen molar-refractivity contribution < 1.29 is 9.18 Å². The summed E-state index contributed by atoms with van der Waals surface area (Å²) in [5.41, 5.74) is 1.55. The number of piperidine rings is 1. The maximum atomic E-state index is 13.4. The minimum absolute atomic E-state index is 0.113. The van der Waals surface area contributed by atoms with Gasteiger partial charge in [-0.05, 0) is 81.1 Å². The predicted octanol–water partition coefficient (Wildman–Crippen LogP) is 2.75. The minimum atomic E-state index is -0.165. The molecule has 5 unspecified atom stereocenters. The fraction of sp³-hybridized carbons (Fsp3) is 0.667. The second-order valence-electron chi connectivity index (χ2n) is 9.25. The lowest BCUT2D eigenvalue weighted by atomic mass is 9.07. The molecule has 2 N–H and O–H groups in total. The van der Waals surface area contributed by atoms with Gasteiger partial charge in [0.25, 0.3) is 0 Å². The summed E-state index contributed by atoms with van der Waals surface area (Å²) in [6.07, 6.45) is 6.68. The Hall–Kier alpha value is -1.42. The van der Waals surface area contributed by atoms with E-state index in [4.69, 9.17) is 0 Å². The van der Waals surface area contributed by atoms with E-state index in [0.29, 0.717) is 11.9 Å². The van der Waals surface area contributed by atoms with Crippen LogP contribution in [-0.2, 0) is 10.2 Å². The third-order valence-corrected chi connectivity index (χ3v) is 8.74. The Balaban J connectivity index is 1.30. The fourth-order valence-corrected chi connectivity index (χ4v) is 8.04. The summed E-state index contributed by atoms with van der Waals surface area (Å²) in [5, 5.41) is 6.77. The van der Waals surface area contributed by atoms with Crippen molar-refractivity contribution in [2.75, 3.05) is 13.1 Å². The third kappa shape index (κ3) is 1.40. The van der Waals surface area contributed by atoms with Crippen LogP contribution in [0.3, 0.4) is 0 Å². The van der Waals surface area contributed by atoms with Crippen molar-refractivity contribution in [1.82, 2.24) is 10.6 Å². The monoisotopic (exact) mass is 340 g/mol. The lowest BCUT2D eigenvalue weighted by Crippen LogP contribution is -2.94. The molecule has 4 aliphatic carbocycles. The lowest BCUT2D eigenvalue weighted by molar-refractivity contribution is -0.430. The van der Waals surface area contributed by atoms with Crippen LogP contribution < -0.4 is 10.6 Å². The van der Waals surface area contributed by atoms with Crippen LogP contribution in [0.1, 0.15) is 44.1 Å². The molecule has 1 aromatic carbocycles. The average Bonchev–Trinajstić information content (AvgIpc) is 2.55. The van der Waals surface area contributed by atoms with Gasteiger partial charge in [0.05, 0.1) is 5.41 Å². The number of hydrogen-bond donors (Lipinski definition) is 2. The zero-order chi connectivity index (χ0) is 16.9. The van der Waals surface area contributed by atoms with Crippen LogP contribution in [0.4, 0.5) is 4.39 Å². The first-order valence-corrected chi connectivity index (χ1v) is 9.90. The molecule has 6 rings (SSSR count). The number of nitrogens with one attached hydrogen (secondary N) is 2. The largest absolute Gasteiger partial charge is 0.353 e. The molecule has 4 saturated carbocycles. The van der Waals surface area contributed by atoms with E-state index in [1.165, 1.54) is 18.4 Å². The number of carbonyl (C=O) groups is 1. The molecule has 1 amide bonds. The summed E-state index contributed by atoms with van der Waals surface area (Å²) < 4.78 is 13.4.